The highest BCUT2D eigenvalue weighted by Gasteiger charge is 2.20. The Bertz CT molecular complexity index is 1400. The summed E-state index contributed by atoms with van der Waals surface area (Å²) in [6, 6.07) is 21.2. The number of anilines is 1. The number of hydrogen-bond donors (Lipinski definition) is 2. The largest absolute Gasteiger partial charge is 0.508 e. The van der Waals surface area contributed by atoms with Crippen LogP contribution in [0, 0.1) is 0 Å². The number of rotatable bonds is 8. The number of benzene rings is 3. The molecule has 2 N–H and O–H groups in total. The Hall–Kier alpha value is -4.33. The van der Waals surface area contributed by atoms with Gasteiger partial charge in [-0.25, -0.2) is 9.78 Å². The molecule has 0 aliphatic heterocycles. The molecule has 180 valence electrons. The molecule has 0 fully saturated rings. The first-order chi connectivity index (χ1) is 17.0. The summed E-state index contributed by atoms with van der Waals surface area (Å²) < 4.78 is 7.17. The Kier molecular flexibility index (Phi) is 7.30. The van der Waals surface area contributed by atoms with Crippen LogP contribution in [0.25, 0.3) is 11.0 Å². The third-order valence-electron chi connectivity index (χ3n) is 5.75. The molecule has 35 heavy (non-hydrogen) atoms. The van der Waals surface area contributed by atoms with E-state index in [9.17, 15) is 14.7 Å². The molecule has 3 aromatic carbocycles. The molecule has 8 heteroatoms. The van der Waals surface area contributed by atoms with Gasteiger partial charge in [-0.15, -0.1) is 0 Å². The first-order valence-electron chi connectivity index (χ1n) is 11.5. The van der Waals surface area contributed by atoms with E-state index in [0.717, 1.165) is 5.52 Å². The van der Waals surface area contributed by atoms with Gasteiger partial charge in [0.15, 0.2) is 0 Å². The number of aromatic nitrogens is 2. The van der Waals surface area contributed by atoms with Gasteiger partial charge >= 0.3 is 6.03 Å². The average Bonchev–Trinajstić information content (AvgIpc) is 2.87. The second kappa shape index (κ2) is 10.7. The Labute approximate surface area is 203 Å². The minimum atomic E-state index is -0.399. The standard InChI is InChI=1S/C27H28N4O4/c1-3-35-25-15-9-6-12-21(25)29-27(34)31(17-16-19-10-4-8-14-24(19)32)18-22-26(33)30(2)23-13-7-5-11-20(23)28-22/h4-15,32H,3,16-18H2,1-2H3,(H,29,34). The van der Waals surface area contributed by atoms with Crippen LogP contribution in [0.3, 0.4) is 0 Å². The van der Waals surface area contributed by atoms with Gasteiger partial charge in [0.05, 0.1) is 29.9 Å². The van der Waals surface area contributed by atoms with Gasteiger partial charge in [-0.2, -0.15) is 0 Å². The zero-order valence-corrected chi connectivity index (χ0v) is 19.8. The van der Waals surface area contributed by atoms with Crippen LogP contribution in [0.5, 0.6) is 11.5 Å². The molecule has 0 saturated carbocycles. The summed E-state index contributed by atoms with van der Waals surface area (Å²) in [5, 5.41) is 13.1. The number of nitrogens with zero attached hydrogens (tertiary/aromatic N) is 3. The van der Waals surface area contributed by atoms with Crippen molar-refractivity contribution in [3.63, 3.8) is 0 Å². The summed E-state index contributed by atoms with van der Waals surface area (Å²) >= 11 is 0. The molecule has 0 atom stereocenters. The Morgan fingerprint density at radius 1 is 1.06 bits per heavy atom. The van der Waals surface area contributed by atoms with Crippen LogP contribution in [0.4, 0.5) is 10.5 Å². The highest BCUT2D eigenvalue weighted by Crippen LogP contribution is 2.24. The molecule has 0 spiro atoms. The maximum atomic E-state index is 13.4. The lowest BCUT2D eigenvalue weighted by atomic mass is 10.1. The minimum Gasteiger partial charge on any atom is -0.508 e. The van der Waals surface area contributed by atoms with Crippen molar-refractivity contribution in [1.82, 2.24) is 14.5 Å². The van der Waals surface area contributed by atoms with E-state index in [1.54, 1.807) is 35.9 Å². The highest BCUT2D eigenvalue weighted by molar-refractivity contribution is 5.91. The van der Waals surface area contributed by atoms with Gasteiger partial charge in [0.2, 0.25) is 0 Å². The van der Waals surface area contributed by atoms with Gasteiger partial charge < -0.3 is 24.6 Å². The van der Waals surface area contributed by atoms with E-state index in [1.807, 2.05) is 55.5 Å². The molecule has 0 radical (unpaired) electrons. The number of ether oxygens (including phenoxy) is 1. The van der Waals surface area contributed by atoms with Crippen molar-refractivity contribution < 1.29 is 14.6 Å². The summed E-state index contributed by atoms with van der Waals surface area (Å²) in [6.07, 6.45) is 0.404. The summed E-state index contributed by atoms with van der Waals surface area (Å²) in [5.41, 5.74) is 2.63. The molecule has 1 aromatic heterocycles. The molecule has 4 rings (SSSR count). The average molecular weight is 473 g/mol. The molecular formula is C27H28N4O4. The number of carbonyl (C=O) groups excluding carboxylic acids is 1. The smallest absolute Gasteiger partial charge is 0.322 e. The monoisotopic (exact) mass is 472 g/mol. The van der Waals surface area contributed by atoms with Crippen LogP contribution >= 0.6 is 0 Å². The van der Waals surface area contributed by atoms with Crippen molar-refractivity contribution in [3.05, 3.63) is 94.4 Å². The summed E-state index contributed by atoms with van der Waals surface area (Å²) in [7, 11) is 1.70. The van der Waals surface area contributed by atoms with Crippen molar-refractivity contribution in [2.75, 3.05) is 18.5 Å². The molecule has 8 nitrogen and oxygen atoms in total. The number of fused-ring (bicyclic) bond motifs is 1. The second-order valence-corrected chi connectivity index (χ2v) is 8.07. The summed E-state index contributed by atoms with van der Waals surface area (Å²) in [4.78, 5) is 32.5. The van der Waals surface area contributed by atoms with E-state index in [2.05, 4.69) is 10.3 Å². The second-order valence-electron chi connectivity index (χ2n) is 8.07. The fourth-order valence-electron chi connectivity index (χ4n) is 3.90. The normalized spacial score (nSPS) is 10.8. The quantitative estimate of drug-likeness (QED) is 0.398. The SMILES string of the molecule is CCOc1ccccc1NC(=O)N(CCc1ccccc1O)Cc1nc2ccccc2n(C)c1=O. The number of amides is 2. The minimum absolute atomic E-state index is 0.00768. The zero-order chi connectivity index (χ0) is 24.8. The molecule has 0 unspecified atom stereocenters. The molecule has 0 bridgehead atoms. The third kappa shape index (κ3) is 5.43. The van der Waals surface area contributed by atoms with Crippen molar-refractivity contribution in [2.24, 2.45) is 7.05 Å². The van der Waals surface area contributed by atoms with Crippen LogP contribution < -0.4 is 15.6 Å². The van der Waals surface area contributed by atoms with Gasteiger partial charge in [0.1, 0.15) is 17.2 Å². The first-order valence-corrected chi connectivity index (χ1v) is 11.5. The lowest BCUT2D eigenvalue weighted by Crippen LogP contribution is -2.39. The van der Waals surface area contributed by atoms with Crippen LogP contribution in [-0.2, 0) is 20.0 Å². The number of nitrogens with one attached hydrogen (secondary N) is 1. The molecule has 4 aromatic rings. The van der Waals surface area contributed by atoms with Crippen LogP contribution in [0.1, 0.15) is 18.2 Å². The van der Waals surface area contributed by atoms with Gasteiger partial charge in [-0.05, 0) is 49.2 Å². The van der Waals surface area contributed by atoms with Crippen molar-refractivity contribution >= 4 is 22.8 Å². The van der Waals surface area contributed by atoms with Gasteiger partial charge in [0, 0.05) is 13.6 Å². The predicted octanol–water partition coefficient (Wildman–Crippen LogP) is 4.31. The molecule has 0 aliphatic carbocycles. The number of aryl methyl sites for hydroxylation is 1. The van der Waals surface area contributed by atoms with Gasteiger partial charge in [-0.3, -0.25) is 4.79 Å². The molecule has 1 heterocycles. The number of carbonyl (C=O) groups is 1. The Morgan fingerprint density at radius 2 is 1.77 bits per heavy atom. The fourth-order valence-corrected chi connectivity index (χ4v) is 3.90. The number of phenols is 1. The first kappa shape index (κ1) is 23.8. The molecular weight excluding hydrogens is 444 g/mol. The van der Waals surface area contributed by atoms with E-state index in [1.165, 1.54) is 4.90 Å². The van der Waals surface area contributed by atoms with Crippen molar-refractivity contribution in [1.29, 1.82) is 0 Å². The lowest BCUT2D eigenvalue weighted by molar-refractivity contribution is 0.208. The topological polar surface area (TPSA) is 96.7 Å². The number of hydrogen-bond acceptors (Lipinski definition) is 5. The van der Waals surface area contributed by atoms with Crippen LogP contribution in [-0.4, -0.2) is 38.7 Å². The van der Waals surface area contributed by atoms with E-state index in [-0.39, 0.29) is 30.1 Å². The molecule has 0 saturated heterocycles. The number of phenolic OH excluding ortho intramolecular Hbond substituents is 1. The van der Waals surface area contributed by atoms with Crippen LogP contribution in [0.2, 0.25) is 0 Å². The summed E-state index contributed by atoms with van der Waals surface area (Å²) in [5.74, 6) is 0.720. The van der Waals surface area contributed by atoms with E-state index in [4.69, 9.17) is 4.74 Å². The predicted molar refractivity (Wildman–Crippen MR) is 136 cm³/mol. The van der Waals surface area contributed by atoms with Gasteiger partial charge in [0.25, 0.3) is 5.56 Å². The van der Waals surface area contributed by atoms with E-state index >= 15 is 0 Å². The zero-order valence-electron chi connectivity index (χ0n) is 19.8. The Morgan fingerprint density at radius 3 is 2.57 bits per heavy atom. The van der Waals surface area contributed by atoms with Crippen molar-refractivity contribution in [3.8, 4) is 11.5 Å². The Balaban J connectivity index is 1.64. The number of para-hydroxylation sites is 5. The maximum absolute atomic E-state index is 13.4. The fraction of sp³-hybridized carbons (Fsp3) is 0.222. The van der Waals surface area contributed by atoms with Crippen LogP contribution in [0.15, 0.2) is 77.6 Å². The van der Waals surface area contributed by atoms with E-state index in [0.29, 0.717) is 35.5 Å². The maximum Gasteiger partial charge on any atom is 0.322 e. The summed E-state index contributed by atoms with van der Waals surface area (Å²) in [6.45, 7) is 2.60. The van der Waals surface area contributed by atoms with E-state index < -0.39 is 6.03 Å². The number of urea groups is 1. The third-order valence-corrected chi connectivity index (χ3v) is 5.75. The highest BCUT2D eigenvalue weighted by atomic mass is 16.5. The molecule has 2 amide bonds. The lowest BCUT2D eigenvalue weighted by Gasteiger charge is -2.24. The van der Waals surface area contributed by atoms with Crippen molar-refractivity contribution in [2.45, 2.75) is 19.9 Å². The number of aromatic hydroxyl groups is 1. The molecule has 0 aliphatic rings. The van der Waals surface area contributed by atoms with Gasteiger partial charge in [-0.1, -0.05) is 42.5 Å².